The number of benzene rings is 2. The summed E-state index contributed by atoms with van der Waals surface area (Å²) in [5.41, 5.74) is 0.243. The number of carbonyl (C=O) groups excluding carboxylic acids is 2. The Morgan fingerprint density at radius 1 is 1.03 bits per heavy atom. The maximum atomic E-state index is 13.8. The number of anilines is 1. The fraction of sp³-hybridized carbons (Fsp3) is 0.391. The first kappa shape index (κ1) is 28.8. The van der Waals surface area contributed by atoms with Crippen LogP contribution in [0.1, 0.15) is 26.3 Å². The number of nitrogens with one attached hydrogen (secondary N) is 1. The standard InChI is InChI=1S/C23H27Cl2F2N3O4S/c1-14(2)11-28-23(32)15(3)29(12-16-5-6-17(24)9-19(16)25)22(31)13-30(35(4,33)34)18-7-8-20(26)21(27)10-18/h5-10,14-15H,11-13H2,1-4H3,(H,28,32)/t15-/m0/s1. The molecule has 0 fully saturated rings. The topological polar surface area (TPSA) is 86.8 Å². The highest BCUT2D eigenvalue weighted by Gasteiger charge is 2.30. The molecule has 0 aliphatic carbocycles. The lowest BCUT2D eigenvalue weighted by Gasteiger charge is -2.32. The minimum Gasteiger partial charge on any atom is -0.354 e. The Labute approximate surface area is 214 Å². The Balaban J connectivity index is 2.42. The van der Waals surface area contributed by atoms with Gasteiger partial charge >= 0.3 is 0 Å². The van der Waals surface area contributed by atoms with E-state index in [-0.39, 0.29) is 23.2 Å². The Morgan fingerprint density at radius 2 is 1.69 bits per heavy atom. The van der Waals surface area contributed by atoms with E-state index in [4.69, 9.17) is 23.2 Å². The molecule has 1 N–H and O–H groups in total. The lowest BCUT2D eigenvalue weighted by Crippen LogP contribution is -2.51. The largest absolute Gasteiger partial charge is 0.354 e. The third-order valence-electron chi connectivity index (χ3n) is 5.08. The van der Waals surface area contributed by atoms with E-state index in [1.165, 1.54) is 17.9 Å². The average Bonchev–Trinajstić information content (AvgIpc) is 2.75. The van der Waals surface area contributed by atoms with E-state index in [1.54, 1.807) is 12.1 Å². The number of sulfonamides is 1. The molecule has 0 aliphatic rings. The number of hydrogen-bond donors (Lipinski definition) is 1. The molecule has 1 atom stereocenters. The summed E-state index contributed by atoms with van der Waals surface area (Å²) in [6.07, 6.45) is 0.834. The number of carbonyl (C=O) groups is 2. The molecule has 12 heteroatoms. The van der Waals surface area contributed by atoms with E-state index in [2.05, 4.69) is 5.32 Å². The van der Waals surface area contributed by atoms with Crippen LogP contribution in [0.4, 0.5) is 14.5 Å². The minimum atomic E-state index is -4.08. The van der Waals surface area contributed by atoms with Crippen molar-refractivity contribution in [1.82, 2.24) is 10.2 Å². The second kappa shape index (κ2) is 12.0. The Kier molecular flexibility index (Phi) is 9.88. The number of nitrogens with zero attached hydrogens (tertiary/aromatic N) is 2. The summed E-state index contributed by atoms with van der Waals surface area (Å²) < 4.78 is 52.7. The molecule has 0 unspecified atom stereocenters. The molecule has 0 spiro atoms. The van der Waals surface area contributed by atoms with E-state index < -0.39 is 46.1 Å². The number of amides is 2. The average molecular weight is 550 g/mol. The SMILES string of the molecule is CC(C)CNC(=O)[C@H](C)N(Cc1ccc(Cl)cc1Cl)C(=O)CN(c1ccc(F)c(F)c1)S(C)(=O)=O. The van der Waals surface area contributed by atoms with Crippen LogP contribution in [0.3, 0.4) is 0 Å². The lowest BCUT2D eigenvalue weighted by molar-refractivity contribution is -0.139. The van der Waals surface area contributed by atoms with Crippen molar-refractivity contribution in [2.75, 3.05) is 23.7 Å². The molecule has 0 saturated heterocycles. The Morgan fingerprint density at radius 3 is 2.23 bits per heavy atom. The van der Waals surface area contributed by atoms with Gasteiger partial charge in [0, 0.05) is 29.2 Å². The predicted octanol–water partition coefficient (Wildman–Crippen LogP) is 4.23. The van der Waals surface area contributed by atoms with Crippen molar-refractivity contribution in [1.29, 1.82) is 0 Å². The van der Waals surface area contributed by atoms with Crippen LogP contribution < -0.4 is 9.62 Å². The summed E-state index contributed by atoms with van der Waals surface area (Å²) in [6.45, 7) is 4.81. The third kappa shape index (κ3) is 8.05. The monoisotopic (exact) mass is 549 g/mol. The van der Waals surface area contributed by atoms with Crippen molar-refractivity contribution >= 4 is 50.7 Å². The van der Waals surface area contributed by atoms with Crippen molar-refractivity contribution in [3.63, 3.8) is 0 Å². The molecule has 0 saturated carbocycles. The van der Waals surface area contributed by atoms with Gasteiger partial charge in [-0.15, -0.1) is 0 Å². The summed E-state index contributed by atoms with van der Waals surface area (Å²) in [5.74, 6) is -3.47. The van der Waals surface area contributed by atoms with Gasteiger partial charge in [-0.3, -0.25) is 13.9 Å². The molecule has 0 aliphatic heterocycles. The fourth-order valence-corrected chi connectivity index (χ4v) is 4.43. The third-order valence-corrected chi connectivity index (χ3v) is 6.81. The molecule has 35 heavy (non-hydrogen) atoms. The van der Waals surface area contributed by atoms with Gasteiger partial charge in [-0.25, -0.2) is 17.2 Å². The number of halogens is 4. The van der Waals surface area contributed by atoms with Crippen molar-refractivity contribution in [3.8, 4) is 0 Å². The molecular formula is C23H27Cl2F2N3O4S. The predicted molar refractivity (Wildman–Crippen MR) is 133 cm³/mol. The first-order chi connectivity index (χ1) is 16.2. The molecule has 0 aromatic heterocycles. The van der Waals surface area contributed by atoms with E-state index in [0.29, 0.717) is 27.5 Å². The van der Waals surface area contributed by atoms with Crippen molar-refractivity contribution in [3.05, 3.63) is 63.6 Å². The zero-order valence-electron chi connectivity index (χ0n) is 19.7. The van der Waals surface area contributed by atoms with Crippen LogP contribution in [0.5, 0.6) is 0 Å². The van der Waals surface area contributed by atoms with Gasteiger partial charge in [-0.05, 0) is 42.7 Å². The van der Waals surface area contributed by atoms with Gasteiger partial charge in [0.15, 0.2) is 11.6 Å². The number of hydrogen-bond acceptors (Lipinski definition) is 4. The summed E-state index contributed by atoms with van der Waals surface area (Å²) in [6, 6.07) is 6.13. The normalized spacial score (nSPS) is 12.4. The molecule has 2 aromatic rings. The summed E-state index contributed by atoms with van der Waals surface area (Å²) >= 11 is 12.2. The molecule has 2 rings (SSSR count). The molecule has 0 heterocycles. The van der Waals surface area contributed by atoms with Gasteiger partial charge in [-0.2, -0.15) is 0 Å². The van der Waals surface area contributed by atoms with E-state index in [0.717, 1.165) is 18.4 Å². The second-order valence-electron chi connectivity index (χ2n) is 8.44. The van der Waals surface area contributed by atoms with Crippen LogP contribution >= 0.6 is 23.2 Å². The molecule has 2 aromatic carbocycles. The van der Waals surface area contributed by atoms with Crippen LogP contribution in [0.2, 0.25) is 10.0 Å². The first-order valence-electron chi connectivity index (χ1n) is 10.6. The molecule has 0 bridgehead atoms. The van der Waals surface area contributed by atoms with Gasteiger partial charge in [0.1, 0.15) is 12.6 Å². The van der Waals surface area contributed by atoms with Gasteiger partial charge in [0.25, 0.3) is 0 Å². The van der Waals surface area contributed by atoms with Gasteiger partial charge in [-0.1, -0.05) is 43.1 Å². The molecule has 0 radical (unpaired) electrons. The van der Waals surface area contributed by atoms with Crippen LogP contribution in [0.25, 0.3) is 0 Å². The fourth-order valence-electron chi connectivity index (χ4n) is 3.12. The maximum Gasteiger partial charge on any atom is 0.244 e. The van der Waals surface area contributed by atoms with Gasteiger partial charge in [0.05, 0.1) is 11.9 Å². The van der Waals surface area contributed by atoms with Crippen LogP contribution in [0, 0.1) is 17.6 Å². The van der Waals surface area contributed by atoms with Crippen LogP contribution in [0.15, 0.2) is 36.4 Å². The summed E-state index contributed by atoms with van der Waals surface area (Å²) in [5, 5.41) is 3.38. The van der Waals surface area contributed by atoms with Crippen LogP contribution in [-0.2, 0) is 26.2 Å². The van der Waals surface area contributed by atoms with Crippen molar-refractivity contribution in [2.24, 2.45) is 5.92 Å². The lowest BCUT2D eigenvalue weighted by atomic mass is 10.1. The zero-order chi connectivity index (χ0) is 26.5. The highest BCUT2D eigenvalue weighted by molar-refractivity contribution is 7.92. The molecule has 7 nitrogen and oxygen atoms in total. The van der Waals surface area contributed by atoms with Gasteiger partial charge < -0.3 is 10.2 Å². The maximum absolute atomic E-state index is 13.8. The van der Waals surface area contributed by atoms with Crippen molar-refractivity contribution < 1.29 is 26.8 Å². The quantitative estimate of drug-likeness (QED) is 0.480. The smallest absolute Gasteiger partial charge is 0.244 e. The Hall–Kier alpha value is -2.43. The highest BCUT2D eigenvalue weighted by atomic mass is 35.5. The molecule has 2 amide bonds. The molecule has 192 valence electrons. The summed E-state index contributed by atoms with van der Waals surface area (Å²) in [4.78, 5) is 27.3. The Bertz CT molecular complexity index is 1200. The highest BCUT2D eigenvalue weighted by Crippen LogP contribution is 2.25. The molecular weight excluding hydrogens is 523 g/mol. The first-order valence-corrected chi connectivity index (χ1v) is 13.2. The second-order valence-corrected chi connectivity index (χ2v) is 11.2. The van der Waals surface area contributed by atoms with Crippen LogP contribution in [-0.4, -0.2) is 50.5 Å². The zero-order valence-corrected chi connectivity index (χ0v) is 22.0. The van der Waals surface area contributed by atoms with E-state index in [1.807, 2.05) is 13.8 Å². The van der Waals surface area contributed by atoms with E-state index >= 15 is 0 Å². The number of rotatable bonds is 10. The minimum absolute atomic E-state index is 0.125. The van der Waals surface area contributed by atoms with E-state index in [9.17, 15) is 26.8 Å². The van der Waals surface area contributed by atoms with Crippen molar-refractivity contribution in [2.45, 2.75) is 33.4 Å². The summed E-state index contributed by atoms with van der Waals surface area (Å²) in [7, 11) is -4.08. The van der Waals surface area contributed by atoms with Gasteiger partial charge in [0.2, 0.25) is 21.8 Å².